The van der Waals surface area contributed by atoms with Crippen LogP contribution in [-0.4, -0.2) is 15.0 Å². The van der Waals surface area contributed by atoms with Gasteiger partial charge in [-0.15, -0.1) is 0 Å². The third kappa shape index (κ3) is 4.05. The van der Waals surface area contributed by atoms with E-state index in [1.807, 2.05) is 42.5 Å². The molecule has 0 amide bonds. The minimum atomic E-state index is 0.576. The predicted octanol–water partition coefficient (Wildman–Crippen LogP) is 11.3. The van der Waals surface area contributed by atoms with E-state index in [1.54, 1.807) is 0 Å². The highest BCUT2D eigenvalue weighted by Gasteiger charge is 2.24. The number of hydrogen-bond donors (Lipinski definition) is 0. The summed E-state index contributed by atoms with van der Waals surface area (Å²) in [6, 6.07) is 52.7. The first-order chi connectivity index (χ1) is 23.3. The Bertz CT molecular complexity index is 2700. The summed E-state index contributed by atoms with van der Waals surface area (Å²) in [6.07, 6.45) is 0. The summed E-state index contributed by atoms with van der Waals surface area (Å²) < 4.78 is 6.79. The fourth-order valence-electron chi connectivity index (χ4n) is 7.04. The Morgan fingerprint density at radius 3 is 1.77 bits per heavy atom. The topological polar surface area (TPSA) is 47.9 Å². The fourth-order valence-corrected chi connectivity index (χ4v) is 7.04. The maximum atomic E-state index is 6.79. The van der Waals surface area contributed by atoms with Gasteiger partial charge in [-0.25, -0.2) is 15.0 Å². The molecule has 2 heterocycles. The molecule has 218 valence electrons. The molecule has 0 spiro atoms. The molecule has 0 N–H and O–H groups in total. The summed E-state index contributed by atoms with van der Waals surface area (Å²) in [5.74, 6) is 3.44. The van der Waals surface area contributed by atoms with Crippen LogP contribution in [0.15, 0.2) is 152 Å². The van der Waals surface area contributed by atoms with Crippen molar-refractivity contribution in [2.24, 2.45) is 0 Å². The second kappa shape index (κ2) is 10.1. The first kappa shape index (κ1) is 25.9. The van der Waals surface area contributed by atoms with Crippen LogP contribution in [-0.2, 0) is 0 Å². The van der Waals surface area contributed by atoms with Gasteiger partial charge in [-0.1, -0.05) is 133 Å². The Hall–Kier alpha value is -6.39. The molecule has 4 nitrogen and oxygen atoms in total. The Morgan fingerprint density at radius 2 is 0.979 bits per heavy atom. The van der Waals surface area contributed by atoms with E-state index in [-0.39, 0.29) is 0 Å². The number of fused-ring (bicyclic) bond motifs is 1. The van der Waals surface area contributed by atoms with Crippen LogP contribution in [0.5, 0.6) is 11.5 Å². The zero-order valence-corrected chi connectivity index (χ0v) is 25.2. The molecule has 4 heteroatoms. The number of ether oxygens (including phenoxy) is 1. The van der Waals surface area contributed by atoms with Crippen molar-refractivity contribution < 1.29 is 4.74 Å². The van der Waals surface area contributed by atoms with E-state index < -0.39 is 0 Å². The third-order valence-corrected chi connectivity index (χ3v) is 9.27. The molecular weight excluding hydrogens is 574 g/mol. The van der Waals surface area contributed by atoms with Crippen LogP contribution in [0, 0.1) is 0 Å². The van der Waals surface area contributed by atoms with Gasteiger partial charge in [-0.05, 0) is 56.3 Å². The molecule has 1 aromatic heterocycles. The van der Waals surface area contributed by atoms with Gasteiger partial charge < -0.3 is 4.74 Å². The minimum Gasteiger partial charge on any atom is -0.455 e. The first-order valence-corrected chi connectivity index (χ1v) is 15.8. The van der Waals surface area contributed by atoms with Crippen LogP contribution >= 0.6 is 0 Å². The van der Waals surface area contributed by atoms with Gasteiger partial charge >= 0.3 is 0 Å². The lowest BCUT2D eigenvalue weighted by atomic mass is 9.92. The maximum Gasteiger partial charge on any atom is 0.167 e. The highest BCUT2D eigenvalue weighted by molar-refractivity contribution is 6.26. The monoisotopic (exact) mass is 599 g/mol. The number of hydrogen-bond acceptors (Lipinski definition) is 4. The summed E-state index contributed by atoms with van der Waals surface area (Å²) in [5.41, 5.74) is 5.08. The molecule has 0 bridgehead atoms. The second-order valence-electron chi connectivity index (χ2n) is 12.0. The minimum absolute atomic E-state index is 0.576. The number of aromatic nitrogens is 3. The standard InChI is InChI=1S/C43H25N3O/c1-3-9-26(10-4-1)31-22-23-33-32(25-31)14-7-15-34(33)42-44-41(30-11-5-2-6-12-30)45-43(46-42)35-24-21-29-20-19-28-18-17-27-13-8-16-36-37(27)38(28)39(29)40(35)47-36/h1-25H. The van der Waals surface area contributed by atoms with E-state index in [0.29, 0.717) is 17.5 Å². The lowest BCUT2D eigenvalue weighted by Gasteiger charge is -2.22. The van der Waals surface area contributed by atoms with E-state index in [0.717, 1.165) is 55.1 Å². The lowest BCUT2D eigenvalue weighted by Crippen LogP contribution is -2.03. The molecule has 10 rings (SSSR count). The highest BCUT2D eigenvalue weighted by Crippen LogP contribution is 2.50. The van der Waals surface area contributed by atoms with Gasteiger partial charge in [0.1, 0.15) is 11.5 Å². The van der Waals surface area contributed by atoms with Crippen molar-refractivity contribution in [3.05, 3.63) is 152 Å². The Labute approximate surface area is 270 Å². The summed E-state index contributed by atoms with van der Waals surface area (Å²) in [4.78, 5) is 15.4. The van der Waals surface area contributed by atoms with Crippen molar-refractivity contribution in [1.29, 1.82) is 0 Å². The van der Waals surface area contributed by atoms with E-state index in [9.17, 15) is 0 Å². The van der Waals surface area contributed by atoms with Crippen LogP contribution < -0.4 is 4.74 Å². The normalized spacial score (nSPS) is 12.0. The highest BCUT2D eigenvalue weighted by atomic mass is 16.5. The summed E-state index contributed by atoms with van der Waals surface area (Å²) >= 11 is 0. The molecule has 0 saturated heterocycles. The van der Waals surface area contributed by atoms with Gasteiger partial charge in [0.25, 0.3) is 0 Å². The maximum absolute atomic E-state index is 6.79. The average Bonchev–Trinajstić information content (AvgIpc) is 3.15. The van der Waals surface area contributed by atoms with Gasteiger partial charge in [0.2, 0.25) is 0 Å². The Morgan fingerprint density at radius 1 is 0.362 bits per heavy atom. The van der Waals surface area contributed by atoms with E-state index in [2.05, 4.69) is 109 Å². The summed E-state index contributed by atoms with van der Waals surface area (Å²) in [7, 11) is 0. The summed E-state index contributed by atoms with van der Waals surface area (Å²) in [5, 5.41) is 9.13. The number of nitrogens with zero attached hydrogens (tertiary/aromatic N) is 3. The quantitative estimate of drug-likeness (QED) is 0.189. The van der Waals surface area contributed by atoms with Crippen molar-refractivity contribution in [3.63, 3.8) is 0 Å². The molecule has 0 atom stereocenters. The number of benzene rings is 8. The van der Waals surface area contributed by atoms with Gasteiger partial charge in [-0.2, -0.15) is 0 Å². The Kier molecular flexibility index (Phi) is 5.54. The van der Waals surface area contributed by atoms with Crippen molar-refractivity contribution in [1.82, 2.24) is 15.0 Å². The van der Waals surface area contributed by atoms with Crippen LogP contribution in [0.2, 0.25) is 0 Å². The molecule has 0 aliphatic carbocycles. The predicted molar refractivity (Wildman–Crippen MR) is 192 cm³/mol. The molecule has 8 aromatic carbocycles. The second-order valence-corrected chi connectivity index (χ2v) is 12.0. The van der Waals surface area contributed by atoms with E-state index in [1.165, 1.54) is 27.3 Å². The SMILES string of the molecule is c1ccc(-c2ccc3c(-c4nc(-c5ccccc5)nc(-c5ccc6ccc7ccc8cccc9c8c7c6c5O9)n4)cccc3c2)cc1. The molecule has 0 fully saturated rings. The van der Waals surface area contributed by atoms with Crippen LogP contribution in [0.3, 0.4) is 0 Å². The van der Waals surface area contributed by atoms with Crippen LogP contribution in [0.1, 0.15) is 0 Å². The zero-order valence-electron chi connectivity index (χ0n) is 25.2. The molecule has 0 radical (unpaired) electrons. The van der Waals surface area contributed by atoms with Gasteiger partial charge in [-0.3, -0.25) is 0 Å². The number of rotatable bonds is 4. The van der Waals surface area contributed by atoms with Crippen molar-refractivity contribution in [2.75, 3.05) is 0 Å². The first-order valence-electron chi connectivity index (χ1n) is 15.8. The van der Waals surface area contributed by atoms with E-state index in [4.69, 9.17) is 19.7 Å². The molecular formula is C43H25N3O. The van der Waals surface area contributed by atoms with Gasteiger partial charge in [0, 0.05) is 27.3 Å². The van der Waals surface area contributed by atoms with Crippen molar-refractivity contribution in [2.45, 2.75) is 0 Å². The third-order valence-electron chi connectivity index (χ3n) is 9.27. The molecule has 0 saturated carbocycles. The molecule has 0 unspecified atom stereocenters. The zero-order chi connectivity index (χ0) is 30.9. The molecule has 47 heavy (non-hydrogen) atoms. The Balaban J connectivity index is 1.23. The smallest absolute Gasteiger partial charge is 0.167 e. The molecule has 1 aliphatic rings. The fraction of sp³-hybridized carbons (Fsp3) is 0. The molecule has 1 aliphatic heterocycles. The van der Waals surface area contributed by atoms with Crippen LogP contribution in [0.4, 0.5) is 0 Å². The van der Waals surface area contributed by atoms with E-state index >= 15 is 0 Å². The average molecular weight is 600 g/mol. The lowest BCUT2D eigenvalue weighted by molar-refractivity contribution is 0.494. The summed E-state index contributed by atoms with van der Waals surface area (Å²) in [6.45, 7) is 0. The van der Waals surface area contributed by atoms with Crippen molar-refractivity contribution in [3.8, 4) is 56.8 Å². The molecule has 9 aromatic rings. The van der Waals surface area contributed by atoms with Gasteiger partial charge in [0.15, 0.2) is 17.5 Å². The van der Waals surface area contributed by atoms with Gasteiger partial charge in [0.05, 0.1) is 5.56 Å². The largest absolute Gasteiger partial charge is 0.455 e. The van der Waals surface area contributed by atoms with Crippen molar-refractivity contribution >= 4 is 43.1 Å². The van der Waals surface area contributed by atoms with Crippen LogP contribution in [0.25, 0.3) is 88.4 Å².